The molecule has 1 aromatic carbocycles. The maximum absolute atomic E-state index is 12.0. The number of benzene rings is 1. The molecule has 1 amide bonds. The molecule has 104 valence electrons. The predicted octanol–water partition coefficient (Wildman–Crippen LogP) is 0.716. The Bertz CT molecular complexity index is 464. The van der Waals surface area contributed by atoms with Gasteiger partial charge in [0.05, 0.1) is 19.3 Å². The van der Waals surface area contributed by atoms with E-state index in [2.05, 4.69) is 10.6 Å². The standard InChI is InChI=1S/C13H18N2O4/c1-18-9-6-10(14-7-9)13(17)15-8-3-4-12(19-2)11(16)5-8/h3-5,9-10,14,16H,6-7H2,1-2H3,(H,15,17). The fraction of sp³-hybridized carbons (Fsp3) is 0.462. The summed E-state index contributed by atoms with van der Waals surface area (Å²) >= 11 is 0. The van der Waals surface area contributed by atoms with Crippen LogP contribution in [0.5, 0.6) is 11.5 Å². The molecule has 2 unspecified atom stereocenters. The van der Waals surface area contributed by atoms with Gasteiger partial charge in [-0.1, -0.05) is 0 Å². The van der Waals surface area contributed by atoms with Gasteiger partial charge in [0.2, 0.25) is 5.91 Å². The normalized spacial score (nSPS) is 22.2. The summed E-state index contributed by atoms with van der Waals surface area (Å²) in [6.45, 7) is 0.669. The van der Waals surface area contributed by atoms with Crippen molar-refractivity contribution in [1.29, 1.82) is 0 Å². The van der Waals surface area contributed by atoms with E-state index in [0.717, 1.165) is 0 Å². The average Bonchev–Trinajstić information content (AvgIpc) is 2.88. The molecular weight excluding hydrogens is 248 g/mol. The van der Waals surface area contributed by atoms with Gasteiger partial charge in [-0.05, 0) is 18.6 Å². The number of amides is 1. The van der Waals surface area contributed by atoms with Crippen molar-refractivity contribution in [3.8, 4) is 11.5 Å². The number of rotatable bonds is 4. The summed E-state index contributed by atoms with van der Waals surface area (Å²) in [7, 11) is 3.11. The highest BCUT2D eigenvalue weighted by Crippen LogP contribution is 2.28. The fourth-order valence-corrected chi connectivity index (χ4v) is 2.08. The van der Waals surface area contributed by atoms with Gasteiger partial charge in [0.25, 0.3) is 0 Å². The van der Waals surface area contributed by atoms with E-state index in [-0.39, 0.29) is 23.8 Å². The summed E-state index contributed by atoms with van der Waals surface area (Å²) in [6, 6.07) is 4.47. The third kappa shape index (κ3) is 3.15. The molecule has 1 aromatic rings. The van der Waals surface area contributed by atoms with Crippen LogP contribution in [0, 0.1) is 0 Å². The van der Waals surface area contributed by atoms with E-state index in [4.69, 9.17) is 9.47 Å². The largest absolute Gasteiger partial charge is 0.504 e. The van der Waals surface area contributed by atoms with Gasteiger partial charge in [-0.3, -0.25) is 4.79 Å². The highest BCUT2D eigenvalue weighted by molar-refractivity contribution is 5.95. The lowest BCUT2D eigenvalue weighted by Crippen LogP contribution is -2.35. The quantitative estimate of drug-likeness (QED) is 0.748. The summed E-state index contributed by atoms with van der Waals surface area (Å²) in [5.41, 5.74) is 0.533. The molecule has 0 aromatic heterocycles. The molecule has 0 bridgehead atoms. The summed E-state index contributed by atoms with van der Waals surface area (Å²) in [6.07, 6.45) is 0.713. The van der Waals surface area contributed by atoms with Crippen molar-refractivity contribution in [1.82, 2.24) is 5.32 Å². The number of phenols is 1. The van der Waals surface area contributed by atoms with Gasteiger partial charge >= 0.3 is 0 Å². The van der Waals surface area contributed by atoms with Gasteiger partial charge in [-0.25, -0.2) is 0 Å². The molecule has 1 saturated heterocycles. The van der Waals surface area contributed by atoms with Crippen LogP contribution in [0.15, 0.2) is 18.2 Å². The first-order valence-corrected chi connectivity index (χ1v) is 6.08. The number of phenolic OH excluding ortho intramolecular Hbond substituents is 1. The topological polar surface area (TPSA) is 79.8 Å². The number of anilines is 1. The van der Waals surface area contributed by atoms with E-state index in [1.807, 2.05) is 0 Å². The fourth-order valence-electron chi connectivity index (χ4n) is 2.08. The Kier molecular flexibility index (Phi) is 4.24. The van der Waals surface area contributed by atoms with Crippen LogP contribution in [-0.4, -0.2) is 43.9 Å². The van der Waals surface area contributed by atoms with E-state index < -0.39 is 0 Å². The number of methoxy groups -OCH3 is 2. The predicted molar refractivity (Wildman–Crippen MR) is 70.5 cm³/mol. The minimum atomic E-state index is -0.269. The second-order valence-corrected chi connectivity index (χ2v) is 4.43. The zero-order valence-electron chi connectivity index (χ0n) is 11.0. The molecule has 2 atom stereocenters. The molecule has 6 heteroatoms. The monoisotopic (exact) mass is 266 g/mol. The van der Waals surface area contributed by atoms with Gasteiger partial charge in [-0.15, -0.1) is 0 Å². The van der Waals surface area contributed by atoms with E-state index in [0.29, 0.717) is 24.4 Å². The van der Waals surface area contributed by atoms with Crippen LogP contribution >= 0.6 is 0 Å². The summed E-state index contributed by atoms with van der Waals surface area (Å²) in [5, 5.41) is 15.5. The molecule has 1 fully saturated rings. The van der Waals surface area contributed by atoms with Crippen LogP contribution in [0.2, 0.25) is 0 Å². The highest BCUT2D eigenvalue weighted by Gasteiger charge is 2.29. The van der Waals surface area contributed by atoms with Crippen molar-refractivity contribution in [3.05, 3.63) is 18.2 Å². The van der Waals surface area contributed by atoms with Crippen molar-refractivity contribution in [3.63, 3.8) is 0 Å². The Morgan fingerprint density at radius 1 is 1.47 bits per heavy atom. The summed E-state index contributed by atoms with van der Waals surface area (Å²) in [5.74, 6) is 0.231. The zero-order valence-corrected chi connectivity index (χ0v) is 11.0. The number of aromatic hydroxyl groups is 1. The second kappa shape index (κ2) is 5.90. The number of carbonyl (C=O) groups is 1. The van der Waals surface area contributed by atoms with Crippen LogP contribution in [-0.2, 0) is 9.53 Å². The summed E-state index contributed by atoms with van der Waals surface area (Å²) in [4.78, 5) is 12.0. The van der Waals surface area contributed by atoms with Crippen LogP contribution in [0.1, 0.15) is 6.42 Å². The van der Waals surface area contributed by atoms with Gasteiger partial charge in [0, 0.05) is 25.4 Å². The Labute approximate surface area is 111 Å². The van der Waals surface area contributed by atoms with Crippen LogP contribution in [0.3, 0.4) is 0 Å². The van der Waals surface area contributed by atoms with E-state index in [1.165, 1.54) is 13.2 Å². The molecule has 0 aliphatic carbocycles. The van der Waals surface area contributed by atoms with Crippen molar-refractivity contribution in [2.45, 2.75) is 18.6 Å². The van der Waals surface area contributed by atoms with Crippen LogP contribution in [0.25, 0.3) is 0 Å². The van der Waals surface area contributed by atoms with E-state index >= 15 is 0 Å². The third-order valence-corrected chi connectivity index (χ3v) is 3.19. The van der Waals surface area contributed by atoms with E-state index in [9.17, 15) is 9.90 Å². The maximum Gasteiger partial charge on any atom is 0.241 e. The van der Waals surface area contributed by atoms with Crippen molar-refractivity contribution < 1.29 is 19.4 Å². The first kappa shape index (κ1) is 13.6. The SMILES string of the molecule is COc1ccc(NC(=O)C2CC(OC)CN2)cc1O. The number of hydrogen-bond acceptors (Lipinski definition) is 5. The average molecular weight is 266 g/mol. The molecule has 2 rings (SSSR count). The highest BCUT2D eigenvalue weighted by atomic mass is 16.5. The Morgan fingerprint density at radius 2 is 2.26 bits per heavy atom. The van der Waals surface area contributed by atoms with E-state index in [1.54, 1.807) is 19.2 Å². The zero-order chi connectivity index (χ0) is 13.8. The molecule has 19 heavy (non-hydrogen) atoms. The number of carbonyl (C=O) groups excluding carboxylic acids is 1. The second-order valence-electron chi connectivity index (χ2n) is 4.43. The number of ether oxygens (including phenoxy) is 2. The lowest BCUT2D eigenvalue weighted by molar-refractivity contribution is -0.118. The molecule has 6 nitrogen and oxygen atoms in total. The first-order valence-electron chi connectivity index (χ1n) is 6.08. The molecule has 0 spiro atoms. The van der Waals surface area contributed by atoms with Crippen molar-refractivity contribution >= 4 is 11.6 Å². The number of hydrogen-bond donors (Lipinski definition) is 3. The molecular formula is C13H18N2O4. The van der Waals surface area contributed by atoms with Crippen LogP contribution < -0.4 is 15.4 Å². The maximum atomic E-state index is 12.0. The molecule has 0 saturated carbocycles. The van der Waals surface area contributed by atoms with Crippen molar-refractivity contribution in [2.75, 3.05) is 26.1 Å². The van der Waals surface area contributed by atoms with Gasteiger partial charge in [0.1, 0.15) is 0 Å². The third-order valence-electron chi connectivity index (χ3n) is 3.19. The Balaban J connectivity index is 1.97. The Morgan fingerprint density at radius 3 is 2.84 bits per heavy atom. The number of nitrogens with one attached hydrogen (secondary N) is 2. The minimum absolute atomic E-state index is 0.00514. The van der Waals surface area contributed by atoms with Crippen LogP contribution in [0.4, 0.5) is 5.69 Å². The molecule has 3 N–H and O–H groups in total. The Hall–Kier alpha value is -1.79. The smallest absolute Gasteiger partial charge is 0.241 e. The molecule has 1 aliphatic rings. The van der Waals surface area contributed by atoms with Crippen molar-refractivity contribution in [2.24, 2.45) is 0 Å². The van der Waals surface area contributed by atoms with Gasteiger partial charge in [-0.2, -0.15) is 0 Å². The lowest BCUT2D eigenvalue weighted by atomic mass is 10.2. The van der Waals surface area contributed by atoms with Gasteiger partial charge in [0.15, 0.2) is 11.5 Å². The van der Waals surface area contributed by atoms with Gasteiger partial charge < -0.3 is 25.2 Å². The summed E-state index contributed by atoms with van der Waals surface area (Å²) < 4.78 is 10.1. The molecule has 1 aliphatic heterocycles. The molecule has 1 heterocycles. The molecule has 0 radical (unpaired) electrons. The lowest BCUT2D eigenvalue weighted by Gasteiger charge is -2.12. The first-order chi connectivity index (χ1) is 9.13. The minimum Gasteiger partial charge on any atom is -0.504 e.